The van der Waals surface area contributed by atoms with Crippen LogP contribution in [0.3, 0.4) is 0 Å². The Hall–Kier alpha value is -1.57. The molecule has 0 saturated carbocycles. The maximum absolute atomic E-state index is 14.4. The van der Waals surface area contributed by atoms with Crippen molar-refractivity contribution in [1.29, 1.82) is 0 Å². The lowest BCUT2D eigenvalue weighted by Crippen LogP contribution is -2.39. The second-order valence-electron chi connectivity index (χ2n) is 6.53. The molecule has 1 aliphatic heterocycles. The Balaban J connectivity index is 1.50. The van der Waals surface area contributed by atoms with Crippen molar-refractivity contribution in [3.05, 3.63) is 29.3 Å². The van der Waals surface area contributed by atoms with Gasteiger partial charge in [0.25, 0.3) is 10.0 Å². The van der Waals surface area contributed by atoms with E-state index in [0.717, 1.165) is 49.6 Å². The molecule has 29 heavy (non-hydrogen) atoms. The second kappa shape index (κ2) is 9.96. The molecule has 0 amide bonds. The Kier molecular flexibility index (Phi) is 7.60. The van der Waals surface area contributed by atoms with E-state index in [1.54, 1.807) is 0 Å². The standard InChI is InChI=1S/C16H22ClFN6O3S2/c17-10-5-15(29(26,27)24-16-22-9-23-28-16)11(18)6-12(10)20-3-1-2-4-21-13-7-19-8-14(13)25/h5-6,9,13-14,19-21,25H,1-4,7-8H2,(H,22,23,24)/t13-,14-/m1/s1. The van der Waals surface area contributed by atoms with E-state index in [4.69, 9.17) is 11.6 Å². The molecular formula is C16H22ClFN6O3S2. The van der Waals surface area contributed by atoms with Crippen molar-refractivity contribution in [2.24, 2.45) is 0 Å². The fraction of sp³-hybridized carbons (Fsp3) is 0.500. The van der Waals surface area contributed by atoms with Gasteiger partial charge in [0.1, 0.15) is 17.0 Å². The maximum atomic E-state index is 14.4. The zero-order valence-corrected chi connectivity index (χ0v) is 17.7. The van der Waals surface area contributed by atoms with Crippen LogP contribution < -0.4 is 20.7 Å². The van der Waals surface area contributed by atoms with Gasteiger partial charge in [0.2, 0.25) is 5.13 Å². The number of β-amino-alcohol motifs (C(OH)–C–C–N with tert-alkyl or cyclic N) is 1. The maximum Gasteiger partial charge on any atom is 0.266 e. The monoisotopic (exact) mass is 464 g/mol. The number of hydrogen-bond acceptors (Lipinski definition) is 9. The molecule has 1 aromatic carbocycles. The van der Waals surface area contributed by atoms with Crippen LogP contribution in [0, 0.1) is 5.82 Å². The summed E-state index contributed by atoms with van der Waals surface area (Å²) in [5.74, 6) is -0.918. The third kappa shape index (κ3) is 5.96. The lowest BCUT2D eigenvalue weighted by Gasteiger charge is -2.15. The Morgan fingerprint density at radius 3 is 2.79 bits per heavy atom. The van der Waals surface area contributed by atoms with Crippen LogP contribution in [0.5, 0.6) is 0 Å². The summed E-state index contributed by atoms with van der Waals surface area (Å²) in [7, 11) is -4.16. The third-order valence-electron chi connectivity index (χ3n) is 4.40. The van der Waals surface area contributed by atoms with Crippen LogP contribution in [-0.4, -0.2) is 61.2 Å². The van der Waals surface area contributed by atoms with Crippen molar-refractivity contribution in [3.63, 3.8) is 0 Å². The smallest absolute Gasteiger partial charge is 0.266 e. The van der Waals surface area contributed by atoms with Crippen LogP contribution in [0.15, 0.2) is 23.4 Å². The summed E-state index contributed by atoms with van der Waals surface area (Å²) in [5, 5.41) is 19.3. The minimum atomic E-state index is -4.16. The number of nitrogens with zero attached hydrogens (tertiary/aromatic N) is 2. The molecule has 160 valence electrons. The van der Waals surface area contributed by atoms with Gasteiger partial charge in [-0.1, -0.05) is 11.6 Å². The molecule has 1 aromatic heterocycles. The van der Waals surface area contributed by atoms with Crippen LogP contribution in [0.2, 0.25) is 5.02 Å². The molecule has 1 saturated heterocycles. The molecule has 2 atom stereocenters. The topological polar surface area (TPSA) is 128 Å². The Morgan fingerprint density at radius 2 is 2.10 bits per heavy atom. The zero-order valence-electron chi connectivity index (χ0n) is 15.4. The van der Waals surface area contributed by atoms with E-state index in [1.807, 2.05) is 0 Å². The molecule has 1 fully saturated rings. The molecule has 0 bridgehead atoms. The first-order chi connectivity index (χ1) is 13.9. The average Bonchev–Trinajstić information content (AvgIpc) is 3.31. The first kappa shape index (κ1) is 22.1. The number of unbranched alkanes of at least 4 members (excludes halogenated alkanes) is 1. The normalized spacial score (nSPS) is 19.4. The Bertz CT molecular complexity index is 916. The molecule has 2 aromatic rings. The van der Waals surface area contributed by atoms with E-state index in [-0.39, 0.29) is 22.3 Å². The number of rotatable bonds is 10. The number of aromatic nitrogens is 2. The van der Waals surface area contributed by atoms with Crippen molar-refractivity contribution >= 4 is 44.0 Å². The highest BCUT2D eigenvalue weighted by Gasteiger charge is 2.24. The fourth-order valence-corrected chi connectivity index (χ4v) is 4.93. The molecule has 9 nitrogen and oxygen atoms in total. The van der Waals surface area contributed by atoms with Crippen LogP contribution in [-0.2, 0) is 10.0 Å². The highest BCUT2D eigenvalue weighted by atomic mass is 35.5. The van der Waals surface area contributed by atoms with Crippen molar-refractivity contribution < 1.29 is 17.9 Å². The summed E-state index contributed by atoms with van der Waals surface area (Å²) in [6.07, 6.45) is 2.47. The molecule has 0 spiro atoms. The summed E-state index contributed by atoms with van der Waals surface area (Å²) in [6.45, 7) is 2.64. The molecule has 0 unspecified atom stereocenters. The van der Waals surface area contributed by atoms with Crippen molar-refractivity contribution in [2.45, 2.75) is 29.9 Å². The van der Waals surface area contributed by atoms with Gasteiger partial charge in [-0.3, -0.25) is 4.72 Å². The van der Waals surface area contributed by atoms with Gasteiger partial charge in [-0.15, -0.1) is 0 Å². The number of halogens is 2. The molecule has 1 aliphatic rings. The van der Waals surface area contributed by atoms with E-state index in [2.05, 4.69) is 30.0 Å². The van der Waals surface area contributed by atoms with Crippen LogP contribution in [0.25, 0.3) is 0 Å². The van der Waals surface area contributed by atoms with Crippen molar-refractivity contribution in [1.82, 2.24) is 20.0 Å². The van der Waals surface area contributed by atoms with E-state index in [0.29, 0.717) is 18.8 Å². The van der Waals surface area contributed by atoms with Gasteiger partial charge in [0.15, 0.2) is 0 Å². The number of aliphatic hydroxyl groups is 1. The third-order valence-corrected chi connectivity index (χ3v) is 6.78. The zero-order chi connectivity index (χ0) is 20.9. The molecule has 3 rings (SSSR count). The largest absolute Gasteiger partial charge is 0.390 e. The van der Waals surface area contributed by atoms with Gasteiger partial charge in [-0.25, -0.2) is 17.8 Å². The quantitative estimate of drug-likeness (QED) is 0.332. The summed E-state index contributed by atoms with van der Waals surface area (Å²) in [5.41, 5.74) is 0.322. The fourth-order valence-electron chi connectivity index (χ4n) is 2.89. The minimum Gasteiger partial charge on any atom is -0.390 e. The number of aliphatic hydroxyl groups excluding tert-OH is 1. The SMILES string of the molecule is O=S(=O)(Nc1ncns1)c1cc(Cl)c(NCCCCN[C@@H]2CNC[C@H]2O)cc1F. The Morgan fingerprint density at radius 1 is 1.31 bits per heavy atom. The van der Waals surface area contributed by atoms with E-state index in [1.165, 1.54) is 6.33 Å². The lowest BCUT2D eigenvalue weighted by atomic mass is 10.2. The summed E-state index contributed by atoms with van der Waals surface area (Å²) in [4.78, 5) is 3.16. The molecule has 0 radical (unpaired) electrons. The van der Waals surface area contributed by atoms with Crippen molar-refractivity contribution in [3.8, 4) is 0 Å². The lowest BCUT2D eigenvalue weighted by molar-refractivity contribution is 0.163. The Labute approximate surface area is 177 Å². The average molecular weight is 465 g/mol. The minimum absolute atomic E-state index is 0.0391. The predicted molar refractivity (Wildman–Crippen MR) is 111 cm³/mol. The summed E-state index contributed by atoms with van der Waals surface area (Å²) < 4.78 is 44.9. The van der Waals surface area contributed by atoms with E-state index < -0.39 is 20.7 Å². The van der Waals surface area contributed by atoms with Gasteiger partial charge in [0.05, 0.1) is 16.8 Å². The van der Waals surface area contributed by atoms with Gasteiger partial charge in [-0.2, -0.15) is 4.37 Å². The highest BCUT2D eigenvalue weighted by Crippen LogP contribution is 2.29. The number of benzene rings is 1. The predicted octanol–water partition coefficient (Wildman–Crippen LogP) is 1.25. The van der Waals surface area contributed by atoms with Gasteiger partial charge in [-0.05, 0) is 31.5 Å². The number of sulfonamides is 1. The van der Waals surface area contributed by atoms with Gasteiger partial charge >= 0.3 is 0 Å². The molecule has 13 heteroatoms. The van der Waals surface area contributed by atoms with Crippen LogP contribution >= 0.6 is 23.1 Å². The summed E-state index contributed by atoms with van der Waals surface area (Å²) in [6, 6.07) is 2.20. The number of anilines is 2. The number of nitrogens with one attached hydrogen (secondary N) is 4. The van der Waals surface area contributed by atoms with Crippen LogP contribution in [0.1, 0.15) is 12.8 Å². The van der Waals surface area contributed by atoms with E-state index in [9.17, 15) is 17.9 Å². The highest BCUT2D eigenvalue weighted by molar-refractivity contribution is 7.93. The van der Waals surface area contributed by atoms with E-state index >= 15 is 0 Å². The first-order valence-corrected chi connectivity index (χ1v) is 11.6. The molecule has 5 N–H and O–H groups in total. The van der Waals surface area contributed by atoms with Gasteiger partial charge < -0.3 is 21.1 Å². The second-order valence-corrected chi connectivity index (χ2v) is 9.37. The molecule has 2 heterocycles. The first-order valence-electron chi connectivity index (χ1n) is 9.01. The molecule has 0 aliphatic carbocycles. The number of hydrogen-bond donors (Lipinski definition) is 5. The summed E-state index contributed by atoms with van der Waals surface area (Å²) >= 11 is 6.98. The molecular weight excluding hydrogens is 443 g/mol. The van der Waals surface area contributed by atoms with Crippen LogP contribution in [0.4, 0.5) is 15.2 Å². The van der Waals surface area contributed by atoms with Gasteiger partial charge in [0, 0.05) is 37.2 Å². The van der Waals surface area contributed by atoms with Crippen molar-refractivity contribution in [2.75, 3.05) is 36.2 Å².